The SMILES string of the molecule is CC.CC.CC(=O)Nc1ccc2c(c1)OCCCO2. The van der Waals surface area contributed by atoms with Crippen molar-refractivity contribution >= 4 is 11.6 Å². The quantitative estimate of drug-likeness (QED) is 0.840. The van der Waals surface area contributed by atoms with Crippen molar-refractivity contribution in [3.05, 3.63) is 18.2 Å². The van der Waals surface area contributed by atoms with Crippen LogP contribution in [0, 0.1) is 0 Å². The first kappa shape index (κ1) is 17.3. The number of carbonyl (C=O) groups is 1. The predicted molar refractivity (Wildman–Crippen MR) is 79.0 cm³/mol. The maximum absolute atomic E-state index is 10.9. The summed E-state index contributed by atoms with van der Waals surface area (Å²) in [7, 11) is 0. The highest BCUT2D eigenvalue weighted by molar-refractivity contribution is 5.89. The van der Waals surface area contributed by atoms with E-state index in [1.807, 2.05) is 33.8 Å². The number of carbonyl (C=O) groups excluding carboxylic acids is 1. The Hall–Kier alpha value is -1.71. The summed E-state index contributed by atoms with van der Waals surface area (Å²) in [6.07, 6.45) is 0.879. The zero-order valence-electron chi connectivity index (χ0n) is 12.6. The molecule has 4 nitrogen and oxygen atoms in total. The van der Waals surface area contributed by atoms with Crippen molar-refractivity contribution in [2.45, 2.75) is 41.0 Å². The monoisotopic (exact) mass is 267 g/mol. The molecule has 2 rings (SSSR count). The van der Waals surface area contributed by atoms with Crippen LogP contribution >= 0.6 is 0 Å². The number of hydrogen-bond donors (Lipinski definition) is 1. The smallest absolute Gasteiger partial charge is 0.221 e. The molecule has 0 saturated heterocycles. The van der Waals surface area contributed by atoms with Crippen LogP contribution in [0.2, 0.25) is 0 Å². The molecular formula is C15H25NO3. The topological polar surface area (TPSA) is 47.6 Å². The van der Waals surface area contributed by atoms with Crippen molar-refractivity contribution < 1.29 is 14.3 Å². The van der Waals surface area contributed by atoms with Crippen molar-refractivity contribution in [1.82, 2.24) is 0 Å². The van der Waals surface area contributed by atoms with Crippen LogP contribution in [0.1, 0.15) is 41.0 Å². The summed E-state index contributed by atoms with van der Waals surface area (Å²) in [4.78, 5) is 10.9. The second-order valence-corrected chi connectivity index (χ2v) is 3.39. The number of amides is 1. The summed E-state index contributed by atoms with van der Waals surface area (Å²) >= 11 is 0. The molecule has 0 atom stereocenters. The van der Waals surface area contributed by atoms with Gasteiger partial charge in [0.15, 0.2) is 11.5 Å². The van der Waals surface area contributed by atoms with Gasteiger partial charge >= 0.3 is 0 Å². The molecule has 1 amide bonds. The molecule has 0 bridgehead atoms. The van der Waals surface area contributed by atoms with Gasteiger partial charge in [-0.15, -0.1) is 0 Å². The third-order valence-electron chi connectivity index (χ3n) is 2.07. The van der Waals surface area contributed by atoms with Crippen molar-refractivity contribution in [2.75, 3.05) is 18.5 Å². The van der Waals surface area contributed by atoms with Crippen LogP contribution in [-0.2, 0) is 4.79 Å². The molecule has 19 heavy (non-hydrogen) atoms. The third kappa shape index (κ3) is 6.13. The summed E-state index contributed by atoms with van der Waals surface area (Å²) in [5.74, 6) is 1.34. The summed E-state index contributed by atoms with van der Waals surface area (Å²) in [6.45, 7) is 10.8. The van der Waals surface area contributed by atoms with Gasteiger partial charge in [-0.1, -0.05) is 27.7 Å². The van der Waals surface area contributed by atoms with Gasteiger partial charge in [0.1, 0.15) is 0 Å². The van der Waals surface area contributed by atoms with E-state index in [-0.39, 0.29) is 5.91 Å². The number of nitrogens with one attached hydrogen (secondary N) is 1. The molecule has 108 valence electrons. The first-order valence-electron chi connectivity index (χ1n) is 6.93. The minimum Gasteiger partial charge on any atom is -0.490 e. The van der Waals surface area contributed by atoms with Gasteiger partial charge in [0.25, 0.3) is 0 Å². The largest absolute Gasteiger partial charge is 0.490 e. The van der Waals surface area contributed by atoms with Gasteiger partial charge < -0.3 is 14.8 Å². The third-order valence-corrected chi connectivity index (χ3v) is 2.07. The van der Waals surface area contributed by atoms with Gasteiger partial charge in [0.05, 0.1) is 13.2 Å². The molecular weight excluding hydrogens is 242 g/mol. The second-order valence-electron chi connectivity index (χ2n) is 3.39. The number of fused-ring (bicyclic) bond motifs is 1. The van der Waals surface area contributed by atoms with Gasteiger partial charge in [0.2, 0.25) is 5.91 Å². The van der Waals surface area contributed by atoms with Crippen molar-refractivity contribution in [3.8, 4) is 11.5 Å². The van der Waals surface area contributed by atoms with Gasteiger partial charge in [-0.2, -0.15) is 0 Å². The lowest BCUT2D eigenvalue weighted by Crippen LogP contribution is -2.05. The van der Waals surface area contributed by atoms with E-state index in [1.54, 1.807) is 12.1 Å². The molecule has 1 aliphatic rings. The Kier molecular flexibility index (Phi) is 9.31. The molecule has 0 aromatic heterocycles. The van der Waals surface area contributed by atoms with Crippen molar-refractivity contribution in [1.29, 1.82) is 0 Å². The zero-order chi connectivity index (χ0) is 14.7. The molecule has 0 radical (unpaired) electrons. The van der Waals surface area contributed by atoms with E-state index in [0.717, 1.165) is 17.9 Å². The summed E-state index contributed by atoms with van der Waals surface area (Å²) in [5.41, 5.74) is 0.728. The van der Waals surface area contributed by atoms with Crippen LogP contribution in [0.4, 0.5) is 5.69 Å². The summed E-state index contributed by atoms with van der Waals surface area (Å²) in [5, 5.41) is 2.70. The normalized spacial score (nSPS) is 11.8. The van der Waals surface area contributed by atoms with E-state index in [1.165, 1.54) is 6.92 Å². The maximum Gasteiger partial charge on any atom is 0.221 e. The standard InChI is InChI=1S/C11H13NO3.2C2H6/c1-8(13)12-9-3-4-10-11(7-9)15-6-2-5-14-10;2*1-2/h3-4,7H,2,5-6H2,1H3,(H,12,13);2*1-2H3. The van der Waals surface area contributed by atoms with E-state index in [4.69, 9.17) is 9.47 Å². The van der Waals surface area contributed by atoms with Gasteiger partial charge in [-0.25, -0.2) is 0 Å². The molecule has 1 N–H and O–H groups in total. The number of hydrogen-bond acceptors (Lipinski definition) is 3. The van der Waals surface area contributed by atoms with Crippen LogP contribution < -0.4 is 14.8 Å². The van der Waals surface area contributed by atoms with E-state index < -0.39 is 0 Å². The van der Waals surface area contributed by atoms with Crippen LogP contribution in [0.3, 0.4) is 0 Å². The molecule has 1 aromatic carbocycles. The molecule has 1 aromatic rings. The maximum atomic E-state index is 10.9. The fourth-order valence-electron chi connectivity index (χ4n) is 1.44. The Morgan fingerprint density at radius 3 is 2.21 bits per heavy atom. The minimum atomic E-state index is -0.0931. The lowest BCUT2D eigenvalue weighted by Gasteiger charge is -2.09. The number of ether oxygens (including phenoxy) is 2. The highest BCUT2D eigenvalue weighted by Crippen LogP contribution is 2.32. The van der Waals surface area contributed by atoms with Crippen LogP contribution in [0.5, 0.6) is 11.5 Å². The molecule has 0 spiro atoms. The van der Waals surface area contributed by atoms with E-state index >= 15 is 0 Å². The first-order chi connectivity index (χ1) is 9.25. The zero-order valence-corrected chi connectivity index (χ0v) is 12.6. The average molecular weight is 267 g/mol. The van der Waals surface area contributed by atoms with Crippen molar-refractivity contribution in [3.63, 3.8) is 0 Å². The summed E-state index contributed by atoms with van der Waals surface area (Å²) in [6, 6.07) is 5.39. The number of anilines is 1. The molecule has 0 unspecified atom stereocenters. The highest BCUT2D eigenvalue weighted by Gasteiger charge is 2.10. The summed E-state index contributed by atoms with van der Waals surface area (Å²) < 4.78 is 11.0. The fraction of sp³-hybridized carbons (Fsp3) is 0.533. The Morgan fingerprint density at radius 2 is 1.63 bits per heavy atom. The Morgan fingerprint density at radius 1 is 1.05 bits per heavy atom. The van der Waals surface area contributed by atoms with Gasteiger partial charge in [-0.05, 0) is 12.1 Å². The van der Waals surface area contributed by atoms with E-state index in [9.17, 15) is 4.79 Å². The molecule has 0 fully saturated rings. The number of rotatable bonds is 1. The minimum absolute atomic E-state index is 0.0931. The molecule has 0 aliphatic carbocycles. The van der Waals surface area contributed by atoms with Crippen LogP contribution in [-0.4, -0.2) is 19.1 Å². The second kappa shape index (κ2) is 10.2. The number of benzene rings is 1. The van der Waals surface area contributed by atoms with E-state index in [2.05, 4.69) is 5.32 Å². The van der Waals surface area contributed by atoms with Crippen molar-refractivity contribution in [2.24, 2.45) is 0 Å². The molecule has 4 heteroatoms. The van der Waals surface area contributed by atoms with E-state index in [0.29, 0.717) is 19.0 Å². The Labute approximate surface area is 116 Å². The Bertz CT molecular complexity index is 378. The van der Waals surface area contributed by atoms with Gasteiger partial charge in [-0.3, -0.25) is 4.79 Å². The van der Waals surface area contributed by atoms with Crippen LogP contribution in [0.25, 0.3) is 0 Å². The molecule has 0 saturated carbocycles. The average Bonchev–Trinajstić information content (AvgIpc) is 2.67. The lowest BCUT2D eigenvalue weighted by atomic mass is 10.2. The van der Waals surface area contributed by atoms with Gasteiger partial charge in [0, 0.05) is 25.1 Å². The van der Waals surface area contributed by atoms with Crippen LogP contribution in [0.15, 0.2) is 18.2 Å². The predicted octanol–water partition coefficient (Wildman–Crippen LogP) is 3.86. The fourth-order valence-corrected chi connectivity index (χ4v) is 1.44. The Balaban J connectivity index is 0.000000741. The lowest BCUT2D eigenvalue weighted by molar-refractivity contribution is -0.114. The highest BCUT2D eigenvalue weighted by atomic mass is 16.5. The first-order valence-corrected chi connectivity index (χ1v) is 6.93. The molecule has 1 heterocycles. The molecule has 1 aliphatic heterocycles.